The van der Waals surface area contributed by atoms with Gasteiger partial charge in [0.1, 0.15) is 10.9 Å². The molecule has 1 aromatic carbocycles. The topological polar surface area (TPSA) is 35.8 Å². The summed E-state index contributed by atoms with van der Waals surface area (Å²) in [6.45, 7) is 2.87. The van der Waals surface area contributed by atoms with Crippen LogP contribution in [0.5, 0.6) is 0 Å². The van der Waals surface area contributed by atoms with Gasteiger partial charge in [-0.05, 0) is 36.8 Å². The lowest BCUT2D eigenvalue weighted by atomic mass is 10.1. The van der Waals surface area contributed by atoms with Crippen molar-refractivity contribution in [2.45, 2.75) is 19.5 Å². The van der Waals surface area contributed by atoms with E-state index in [1.54, 1.807) is 0 Å². The van der Waals surface area contributed by atoms with Crippen LogP contribution >= 0.6 is 22.9 Å². The molecule has 0 aliphatic heterocycles. The van der Waals surface area contributed by atoms with Gasteiger partial charge in [0.05, 0.1) is 0 Å². The second-order valence-electron chi connectivity index (χ2n) is 4.04. The molecule has 0 bridgehead atoms. The summed E-state index contributed by atoms with van der Waals surface area (Å²) in [5.74, 6) is 0. The van der Waals surface area contributed by atoms with E-state index in [1.165, 1.54) is 21.8 Å². The van der Waals surface area contributed by atoms with Crippen molar-refractivity contribution in [2.75, 3.05) is 0 Å². The highest BCUT2D eigenvalue weighted by Crippen LogP contribution is 2.19. The Morgan fingerprint density at radius 1 is 1.39 bits per heavy atom. The largest absolute Gasteiger partial charge is 0.305 e. The molecule has 1 atom stereocenters. The molecule has 0 aliphatic rings. The van der Waals surface area contributed by atoms with Gasteiger partial charge in [0.25, 0.3) is 0 Å². The van der Waals surface area contributed by atoms with Gasteiger partial charge in [0.15, 0.2) is 0 Å². The highest BCUT2D eigenvalue weighted by molar-refractivity contribution is 7.12. The van der Waals surface area contributed by atoms with Crippen LogP contribution in [0, 0.1) is 11.3 Å². The summed E-state index contributed by atoms with van der Waals surface area (Å²) >= 11 is 7.49. The van der Waals surface area contributed by atoms with E-state index >= 15 is 0 Å². The molecule has 0 saturated heterocycles. The SMILES string of the molecule is C[C@@H](NCc1ccc(C#N)s1)c1cccc(Cl)c1. The molecule has 0 aliphatic carbocycles. The average Bonchev–Trinajstić information content (AvgIpc) is 2.84. The fraction of sp³-hybridized carbons (Fsp3) is 0.214. The molecule has 1 aromatic heterocycles. The van der Waals surface area contributed by atoms with Crippen molar-refractivity contribution >= 4 is 22.9 Å². The van der Waals surface area contributed by atoms with Gasteiger partial charge < -0.3 is 5.32 Å². The van der Waals surface area contributed by atoms with Gasteiger partial charge in [0.2, 0.25) is 0 Å². The predicted octanol–water partition coefficient (Wildman–Crippen LogP) is 4.12. The van der Waals surface area contributed by atoms with Gasteiger partial charge in [-0.25, -0.2) is 0 Å². The van der Waals surface area contributed by atoms with Crippen molar-refractivity contribution in [3.63, 3.8) is 0 Å². The molecule has 2 rings (SSSR count). The van der Waals surface area contributed by atoms with Crippen LogP contribution in [-0.2, 0) is 6.54 Å². The van der Waals surface area contributed by atoms with Crippen LogP contribution in [0.2, 0.25) is 5.02 Å². The number of hydrogen-bond acceptors (Lipinski definition) is 3. The van der Waals surface area contributed by atoms with Crippen LogP contribution in [0.25, 0.3) is 0 Å². The monoisotopic (exact) mass is 276 g/mol. The van der Waals surface area contributed by atoms with Crippen molar-refractivity contribution in [3.05, 3.63) is 56.7 Å². The first-order valence-electron chi connectivity index (χ1n) is 5.66. The Hall–Kier alpha value is -1.34. The average molecular weight is 277 g/mol. The molecule has 2 aromatic rings. The zero-order valence-electron chi connectivity index (χ0n) is 9.98. The number of nitrogens with zero attached hydrogens (tertiary/aromatic N) is 1. The molecule has 0 spiro atoms. The molecule has 1 N–H and O–H groups in total. The van der Waals surface area contributed by atoms with Gasteiger partial charge >= 0.3 is 0 Å². The fourth-order valence-corrected chi connectivity index (χ4v) is 2.63. The summed E-state index contributed by atoms with van der Waals surface area (Å²) < 4.78 is 0. The van der Waals surface area contributed by atoms with Crippen LogP contribution in [0.15, 0.2) is 36.4 Å². The normalized spacial score (nSPS) is 12.1. The smallest absolute Gasteiger partial charge is 0.110 e. The number of benzene rings is 1. The van der Waals surface area contributed by atoms with E-state index in [9.17, 15) is 0 Å². The minimum atomic E-state index is 0.233. The second kappa shape index (κ2) is 6.01. The van der Waals surface area contributed by atoms with E-state index < -0.39 is 0 Å². The number of nitriles is 1. The number of thiophene rings is 1. The highest BCUT2D eigenvalue weighted by atomic mass is 35.5. The molecule has 0 saturated carbocycles. The molecule has 2 nitrogen and oxygen atoms in total. The Balaban J connectivity index is 1.96. The van der Waals surface area contributed by atoms with Gasteiger partial charge in [-0.2, -0.15) is 5.26 Å². The third-order valence-electron chi connectivity index (χ3n) is 2.70. The van der Waals surface area contributed by atoms with Crippen LogP contribution in [-0.4, -0.2) is 0 Å². The maximum Gasteiger partial charge on any atom is 0.110 e. The highest BCUT2D eigenvalue weighted by Gasteiger charge is 2.06. The Morgan fingerprint density at radius 3 is 2.89 bits per heavy atom. The molecule has 0 fully saturated rings. The number of rotatable bonds is 4. The van der Waals surface area contributed by atoms with E-state index in [2.05, 4.69) is 24.4 Å². The fourth-order valence-electron chi connectivity index (χ4n) is 1.68. The summed E-state index contributed by atoms with van der Waals surface area (Å²) in [7, 11) is 0. The minimum absolute atomic E-state index is 0.233. The molecule has 18 heavy (non-hydrogen) atoms. The lowest BCUT2D eigenvalue weighted by Gasteiger charge is -2.13. The van der Waals surface area contributed by atoms with Crippen molar-refractivity contribution in [1.29, 1.82) is 5.26 Å². The molecule has 92 valence electrons. The molecular formula is C14H13ClN2S. The van der Waals surface area contributed by atoms with Crippen LogP contribution in [0.1, 0.15) is 28.3 Å². The van der Waals surface area contributed by atoms with Crippen LogP contribution in [0.4, 0.5) is 0 Å². The van der Waals surface area contributed by atoms with E-state index in [-0.39, 0.29) is 6.04 Å². The third kappa shape index (κ3) is 3.33. The first-order chi connectivity index (χ1) is 8.69. The van der Waals surface area contributed by atoms with E-state index in [1.807, 2.05) is 30.3 Å². The summed E-state index contributed by atoms with van der Waals surface area (Å²) in [4.78, 5) is 1.92. The first kappa shape index (κ1) is 13.1. The standard InChI is InChI=1S/C14H13ClN2S/c1-10(11-3-2-4-12(15)7-11)17-9-14-6-5-13(8-16)18-14/h2-7,10,17H,9H2,1H3/t10-/m1/s1. The second-order valence-corrected chi connectivity index (χ2v) is 5.64. The maximum absolute atomic E-state index is 8.76. The Labute approximate surface area is 116 Å². The van der Waals surface area contributed by atoms with Crippen LogP contribution < -0.4 is 5.32 Å². The molecular weight excluding hydrogens is 264 g/mol. The van der Waals surface area contributed by atoms with Gasteiger partial charge in [0, 0.05) is 22.5 Å². The van der Waals surface area contributed by atoms with E-state index in [0.717, 1.165) is 16.4 Å². The number of nitrogens with one attached hydrogen (secondary N) is 1. The maximum atomic E-state index is 8.76. The summed E-state index contributed by atoms with van der Waals surface area (Å²) in [5.41, 5.74) is 1.17. The zero-order chi connectivity index (χ0) is 13.0. The Kier molecular flexibility index (Phi) is 4.38. The minimum Gasteiger partial charge on any atom is -0.305 e. The molecule has 0 unspecified atom stereocenters. The van der Waals surface area contributed by atoms with E-state index in [4.69, 9.17) is 16.9 Å². The van der Waals surface area contributed by atoms with Gasteiger partial charge in [-0.1, -0.05) is 23.7 Å². The quantitative estimate of drug-likeness (QED) is 0.912. The molecule has 4 heteroatoms. The van der Waals surface area contributed by atoms with Crippen molar-refractivity contribution < 1.29 is 0 Å². The summed E-state index contributed by atoms with van der Waals surface area (Å²) in [6, 6.07) is 14.1. The first-order valence-corrected chi connectivity index (χ1v) is 6.86. The summed E-state index contributed by atoms with van der Waals surface area (Å²) in [6.07, 6.45) is 0. The third-order valence-corrected chi connectivity index (χ3v) is 3.93. The van der Waals surface area contributed by atoms with Crippen LogP contribution in [0.3, 0.4) is 0 Å². The molecule has 0 amide bonds. The Bertz CT molecular complexity index is 571. The Morgan fingerprint density at radius 2 is 2.22 bits per heavy atom. The zero-order valence-corrected chi connectivity index (χ0v) is 11.6. The van der Waals surface area contributed by atoms with Crippen molar-refractivity contribution in [2.24, 2.45) is 0 Å². The van der Waals surface area contributed by atoms with Crippen molar-refractivity contribution in [1.82, 2.24) is 5.32 Å². The number of hydrogen-bond donors (Lipinski definition) is 1. The van der Waals surface area contributed by atoms with Crippen molar-refractivity contribution in [3.8, 4) is 6.07 Å². The molecule has 0 radical (unpaired) electrons. The predicted molar refractivity (Wildman–Crippen MR) is 75.7 cm³/mol. The van der Waals surface area contributed by atoms with E-state index in [0.29, 0.717) is 0 Å². The van der Waals surface area contributed by atoms with Gasteiger partial charge in [-0.15, -0.1) is 11.3 Å². The summed E-state index contributed by atoms with van der Waals surface area (Å²) in [5, 5.41) is 12.9. The lowest BCUT2D eigenvalue weighted by Crippen LogP contribution is -2.17. The molecule has 1 heterocycles. The van der Waals surface area contributed by atoms with Gasteiger partial charge in [-0.3, -0.25) is 0 Å². The number of halogens is 1. The lowest BCUT2D eigenvalue weighted by molar-refractivity contribution is 0.579.